The average Bonchev–Trinajstić information content (AvgIpc) is 2.26. The SMILES string of the molecule is OCC1(NCc2cc(F)cc(C(F)(F)F)c2)CCC1. The molecule has 2 N–H and O–H groups in total. The van der Waals surface area contributed by atoms with Crippen molar-refractivity contribution < 1.29 is 22.7 Å². The Morgan fingerprint density at radius 1 is 1.21 bits per heavy atom. The molecule has 0 bridgehead atoms. The van der Waals surface area contributed by atoms with Crippen molar-refractivity contribution >= 4 is 0 Å². The van der Waals surface area contributed by atoms with E-state index in [1.54, 1.807) is 0 Å². The largest absolute Gasteiger partial charge is 0.416 e. The number of benzene rings is 1. The molecule has 1 fully saturated rings. The van der Waals surface area contributed by atoms with Crippen LogP contribution in [0.15, 0.2) is 18.2 Å². The molecule has 19 heavy (non-hydrogen) atoms. The summed E-state index contributed by atoms with van der Waals surface area (Å²) in [5.41, 5.74) is -1.17. The van der Waals surface area contributed by atoms with Crippen molar-refractivity contribution in [3.05, 3.63) is 35.1 Å². The Morgan fingerprint density at radius 3 is 2.37 bits per heavy atom. The van der Waals surface area contributed by atoms with Gasteiger partial charge in [0.1, 0.15) is 5.82 Å². The van der Waals surface area contributed by atoms with E-state index in [9.17, 15) is 22.7 Å². The predicted molar refractivity (Wildman–Crippen MR) is 61.9 cm³/mol. The topological polar surface area (TPSA) is 32.3 Å². The van der Waals surface area contributed by atoms with Crippen molar-refractivity contribution in [2.24, 2.45) is 0 Å². The third-order valence-electron chi connectivity index (χ3n) is 3.57. The zero-order valence-electron chi connectivity index (χ0n) is 10.2. The minimum atomic E-state index is -4.55. The standard InChI is InChI=1S/C13H15F4NO/c14-11-5-9(4-10(6-11)13(15,16)17)7-18-12(8-19)2-1-3-12/h4-6,18-19H,1-3,7-8H2. The van der Waals surface area contributed by atoms with Crippen molar-refractivity contribution in [3.63, 3.8) is 0 Å². The lowest BCUT2D eigenvalue weighted by Gasteiger charge is -2.41. The van der Waals surface area contributed by atoms with Crippen LogP contribution in [0.3, 0.4) is 0 Å². The van der Waals surface area contributed by atoms with Crippen molar-refractivity contribution in [3.8, 4) is 0 Å². The van der Waals surface area contributed by atoms with Crippen LogP contribution < -0.4 is 5.32 Å². The number of hydrogen-bond donors (Lipinski definition) is 2. The molecule has 0 aliphatic heterocycles. The molecule has 106 valence electrons. The van der Waals surface area contributed by atoms with Gasteiger partial charge in [-0.05, 0) is 43.0 Å². The summed E-state index contributed by atoms with van der Waals surface area (Å²) in [4.78, 5) is 0. The molecule has 1 aliphatic carbocycles. The van der Waals surface area contributed by atoms with Gasteiger partial charge in [-0.3, -0.25) is 0 Å². The average molecular weight is 277 g/mol. The fourth-order valence-electron chi connectivity index (χ4n) is 2.20. The van der Waals surface area contributed by atoms with Gasteiger partial charge in [-0.1, -0.05) is 0 Å². The molecule has 1 aromatic carbocycles. The Kier molecular flexibility index (Phi) is 3.82. The van der Waals surface area contributed by atoms with Gasteiger partial charge < -0.3 is 10.4 Å². The van der Waals surface area contributed by atoms with E-state index in [-0.39, 0.29) is 18.7 Å². The van der Waals surface area contributed by atoms with E-state index < -0.39 is 23.1 Å². The van der Waals surface area contributed by atoms with Gasteiger partial charge in [0.25, 0.3) is 0 Å². The summed E-state index contributed by atoms with van der Waals surface area (Å²) in [5, 5.41) is 12.3. The fourth-order valence-corrected chi connectivity index (χ4v) is 2.20. The zero-order valence-corrected chi connectivity index (χ0v) is 10.2. The van der Waals surface area contributed by atoms with Crippen molar-refractivity contribution in [1.82, 2.24) is 5.32 Å². The number of nitrogens with one attached hydrogen (secondary N) is 1. The van der Waals surface area contributed by atoms with Crippen LogP contribution in [0.5, 0.6) is 0 Å². The second-order valence-electron chi connectivity index (χ2n) is 4.99. The van der Waals surface area contributed by atoms with Gasteiger partial charge in [0.15, 0.2) is 0 Å². The van der Waals surface area contributed by atoms with Gasteiger partial charge >= 0.3 is 6.18 Å². The first-order chi connectivity index (χ1) is 8.85. The van der Waals surface area contributed by atoms with E-state index in [0.717, 1.165) is 31.4 Å². The molecular formula is C13H15F4NO. The van der Waals surface area contributed by atoms with E-state index in [2.05, 4.69) is 5.32 Å². The molecule has 6 heteroatoms. The van der Waals surface area contributed by atoms with E-state index in [1.807, 2.05) is 0 Å². The van der Waals surface area contributed by atoms with Crippen LogP contribution in [0, 0.1) is 5.82 Å². The number of aliphatic hydroxyl groups is 1. The summed E-state index contributed by atoms with van der Waals surface area (Å²) in [6.07, 6.45) is -2.01. The highest BCUT2D eigenvalue weighted by atomic mass is 19.4. The summed E-state index contributed by atoms with van der Waals surface area (Å²) in [5.74, 6) is -0.904. The highest BCUT2D eigenvalue weighted by molar-refractivity contribution is 5.27. The molecule has 0 saturated heterocycles. The molecule has 0 unspecified atom stereocenters. The number of hydrogen-bond acceptors (Lipinski definition) is 2. The monoisotopic (exact) mass is 277 g/mol. The van der Waals surface area contributed by atoms with Crippen LogP contribution in [0.4, 0.5) is 17.6 Å². The van der Waals surface area contributed by atoms with Crippen LogP contribution in [-0.2, 0) is 12.7 Å². The van der Waals surface area contributed by atoms with Crippen LogP contribution >= 0.6 is 0 Å². The van der Waals surface area contributed by atoms with Gasteiger partial charge in [-0.2, -0.15) is 13.2 Å². The van der Waals surface area contributed by atoms with Gasteiger partial charge in [0.2, 0.25) is 0 Å². The summed E-state index contributed by atoms with van der Waals surface area (Å²) < 4.78 is 50.8. The van der Waals surface area contributed by atoms with Gasteiger partial charge in [0.05, 0.1) is 12.2 Å². The van der Waals surface area contributed by atoms with E-state index >= 15 is 0 Å². The van der Waals surface area contributed by atoms with E-state index in [0.29, 0.717) is 6.07 Å². The lowest BCUT2D eigenvalue weighted by Crippen LogP contribution is -2.53. The smallest absolute Gasteiger partial charge is 0.394 e. The first-order valence-electron chi connectivity index (χ1n) is 6.07. The third-order valence-corrected chi connectivity index (χ3v) is 3.57. The minimum Gasteiger partial charge on any atom is -0.394 e. The summed E-state index contributed by atoms with van der Waals surface area (Å²) in [7, 11) is 0. The van der Waals surface area contributed by atoms with Gasteiger partial charge in [0, 0.05) is 12.1 Å². The van der Waals surface area contributed by atoms with Gasteiger partial charge in [-0.15, -0.1) is 0 Å². The highest BCUT2D eigenvalue weighted by Crippen LogP contribution is 2.33. The Bertz CT molecular complexity index is 449. The molecule has 2 rings (SSSR count). The normalized spacial score (nSPS) is 18.2. The van der Waals surface area contributed by atoms with Crippen LogP contribution in [0.1, 0.15) is 30.4 Å². The Morgan fingerprint density at radius 2 is 1.89 bits per heavy atom. The minimum absolute atomic E-state index is 0.0611. The Labute approximate surface area is 108 Å². The Hall–Kier alpha value is -1.14. The molecule has 0 spiro atoms. The van der Waals surface area contributed by atoms with Crippen LogP contribution in [0.2, 0.25) is 0 Å². The second kappa shape index (κ2) is 5.09. The van der Waals surface area contributed by atoms with Crippen molar-refractivity contribution in [2.75, 3.05) is 6.61 Å². The molecule has 0 amide bonds. The zero-order chi connectivity index (χ0) is 14.1. The maximum atomic E-state index is 13.2. The molecule has 1 aromatic rings. The molecule has 0 atom stereocenters. The first-order valence-corrected chi connectivity index (χ1v) is 6.07. The molecule has 1 saturated carbocycles. The molecular weight excluding hydrogens is 262 g/mol. The third kappa shape index (κ3) is 3.25. The summed E-state index contributed by atoms with van der Waals surface area (Å²) >= 11 is 0. The number of aliphatic hydroxyl groups excluding tert-OH is 1. The maximum Gasteiger partial charge on any atom is 0.416 e. The lowest BCUT2D eigenvalue weighted by atomic mass is 9.77. The number of halogens is 4. The van der Waals surface area contributed by atoms with Crippen LogP contribution in [-0.4, -0.2) is 17.3 Å². The van der Waals surface area contributed by atoms with Crippen molar-refractivity contribution in [1.29, 1.82) is 0 Å². The fraction of sp³-hybridized carbons (Fsp3) is 0.538. The molecule has 1 aliphatic rings. The number of rotatable bonds is 4. The summed E-state index contributed by atoms with van der Waals surface area (Å²) in [6.45, 7) is 0.0514. The quantitative estimate of drug-likeness (QED) is 0.829. The summed E-state index contributed by atoms with van der Waals surface area (Å²) in [6, 6.07) is 2.49. The van der Waals surface area contributed by atoms with E-state index in [4.69, 9.17) is 0 Å². The lowest BCUT2D eigenvalue weighted by molar-refractivity contribution is -0.137. The Balaban J connectivity index is 2.10. The van der Waals surface area contributed by atoms with Gasteiger partial charge in [-0.25, -0.2) is 4.39 Å². The maximum absolute atomic E-state index is 13.2. The van der Waals surface area contributed by atoms with Crippen LogP contribution in [0.25, 0.3) is 0 Å². The van der Waals surface area contributed by atoms with E-state index in [1.165, 1.54) is 0 Å². The number of alkyl halides is 3. The molecule has 0 radical (unpaired) electrons. The van der Waals surface area contributed by atoms with Crippen molar-refractivity contribution in [2.45, 2.75) is 37.5 Å². The molecule has 0 aromatic heterocycles. The molecule has 0 heterocycles. The second-order valence-corrected chi connectivity index (χ2v) is 4.99. The molecule has 2 nitrogen and oxygen atoms in total. The predicted octanol–water partition coefficient (Wildman–Crippen LogP) is 2.85. The highest BCUT2D eigenvalue weighted by Gasteiger charge is 2.36. The first kappa shape index (κ1) is 14.3.